The third-order valence-corrected chi connectivity index (χ3v) is 3.03. The standard InChI is InChI=1S/C15H23N3O2/c1-10(2)8-18(9-14(17)19)15(20)11(3)12-5-4-6-13(16)7-12/h4-7,10-11H,8-9,16H2,1-3H3,(H2,17,19). The molecule has 0 bridgehead atoms. The van der Waals surface area contributed by atoms with Crippen LogP contribution < -0.4 is 11.5 Å². The van der Waals surface area contributed by atoms with Crippen molar-refractivity contribution in [3.05, 3.63) is 29.8 Å². The predicted molar refractivity (Wildman–Crippen MR) is 79.9 cm³/mol. The monoisotopic (exact) mass is 277 g/mol. The molecule has 2 amide bonds. The first kappa shape index (κ1) is 16.0. The van der Waals surface area contributed by atoms with E-state index in [0.717, 1.165) is 5.56 Å². The van der Waals surface area contributed by atoms with Crippen molar-refractivity contribution in [2.24, 2.45) is 11.7 Å². The first-order valence-electron chi connectivity index (χ1n) is 6.73. The van der Waals surface area contributed by atoms with Gasteiger partial charge in [0.05, 0.1) is 12.5 Å². The molecule has 20 heavy (non-hydrogen) atoms. The molecule has 4 N–H and O–H groups in total. The van der Waals surface area contributed by atoms with Crippen molar-refractivity contribution in [1.29, 1.82) is 0 Å². The molecule has 110 valence electrons. The number of carbonyl (C=O) groups is 2. The molecule has 1 atom stereocenters. The lowest BCUT2D eigenvalue weighted by atomic mass is 9.98. The van der Waals surface area contributed by atoms with Crippen molar-refractivity contribution in [1.82, 2.24) is 4.90 Å². The zero-order chi connectivity index (χ0) is 15.3. The van der Waals surface area contributed by atoms with E-state index in [4.69, 9.17) is 11.5 Å². The number of nitrogen functional groups attached to an aromatic ring is 1. The van der Waals surface area contributed by atoms with Gasteiger partial charge in [-0.2, -0.15) is 0 Å². The fourth-order valence-corrected chi connectivity index (χ4v) is 2.11. The van der Waals surface area contributed by atoms with Crippen LogP contribution in [0.4, 0.5) is 5.69 Å². The topological polar surface area (TPSA) is 89.4 Å². The Bertz CT molecular complexity index is 486. The van der Waals surface area contributed by atoms with Crippen LogP contribution in [0.5, 0.6) is 0 Å². The lowest BCUT2D eigenvalue weighted by Gasteiger charge is -2.26. The fourth-order valence-electron chi connectivity index (χ4n) is 2.11. The molecule has 5 heteroatoms. The van der Waals surface area contributed by atoms with Gasteiger partial charge >= 0.3 is 0 Å². The molecule has 1 unspecified atom stereocenters. The van der Waals surface area contributed by atoms with E-state index < -0.39 is 5.91 Å². The molecular formula is C15H23N3O2. The zero-order valence-electron chi connectivity index (χ0n) is 12.3. The number of hydrogen-bond donors (Lipinski definition) is 2. The highest BCUT2D eigenvalue weighted by Crippen LogP contribution is 2.20. The molecule has 5 nitrogen and oxygen atoms in total. The van der Waals surface area contributed by atoms with Gasteiger partial charge in [0.1, 0.15) is 0 Å². The highest BCUT2D eigenvalue weighted by atomic mass is 16.2. The molecule has 0 heterocycles. The maximum Gasteiger partial charge on any atom is 0.237 e. The van der Waals surface area contributed by atoms with E-state index in [9.17, 15) is 9.59 Å². The fraction of sp³-hybridized carbons (Fsp3) is 0.467. The Hall–Kier alpha value is -2.04. The Morgan fingerprint density at radius 3 is 2.40 bits per heavy atom. The Morgan fingerprint density at radius 2 is 1.90 bits per heavy atom. The second-order valence-electron chi connectivity index (χ2n) is 5.47. The summed E-state index contributed by atoms with van der Waals surface area (Å²) >= 11 is 0. The highest BCUT2D eigenvalue weighted by molar-refractivity contribution is 5.88. The van der Waals surface area contributed by atoms with Crippen LogP contribution >= 0.6 is 0 Å². The number of primary amides is 1. The van der Waals surface area contributed by atoms with Crippen LogP contribution in [0.1, 0.15) is 32.3 Å². The van der Waals surface area contributed by atoms with E-state index in [1.165, 1.54) is 4.90 Å². The van der Waals surface area contributed by atoms with Crippen LogP contribution in [0, 0.1) is 5.92 Å². The van der Waals surface area contributed by atoms with Crippen LogP contribution in [-0.4, -0.2) is 29.8 Å². The van der Waals surface area contributed by atoms with Gasteiger partial charge < -0.3 is 16.4 Å². The molecule has 0 aliphatic rings. The maximum absolute atomic E-state index is 12.5. The number of hydrogen-bond acceptors (Lipinski definition) is 3. The first-order valence-corrected chi connectivity index (χ1v) is 6.73. The molecule has 0 saturated heterocycles. The quantitative estimate of drug-likeness (QED) is 0.769. The van der Waals surface area contributed by atoms with Crippen molar-refractivity contribution in [3.63, 3.8) is 0 Å². The summed E-state index contributed by atoms with van der Waals surface area (Å²) in [6.45, 7) is 6.25. The van der Waals surface area contributed by atoms with Crippen molar-refractivity contribution >= 4 is 17.5 Å². The van der Waals surface area contributed by atoms with Crippen molar-refractivity contribution in [2.75, 3.05) is 18.8 Å². The van der Waals surface area contributed by atoms with Gasteiger partial charge in [-0.15, -0.1) is 0 Å². The summed E-state index contributed by atoms with van der Waals surface area (Å²) in [5.41, 5.74) is 12.4. The summed E-state index contributed by atoms with van der Waals surface area (Å²) in [5.74, 6) is -0.690. The van der Waals surface area contributed by atoms with E-state index in [1.807, 2.05) is 32.9 Å². The summed E-state index contributed by atoms with van der Waals surface area (Å²) in [4.78, 5) is 25.1. The van der Waals surface area contributed by atoms with Gasteiger partial charge in [-0.3, -0.25) is 9.59 Å². The van der Waals surface area contributed by atoms with E-state index in [1.54, 1.807) is 12.1 Å². The summed E-state index contributed by atoms with van der Waals surface area (Å²) in [6, 6.07) is 7.22. The number of amides is 2. The third kappa shape index (κ3) is 4.57. The van der Waals surface area contributed by atoms with Crippen LogP contribution in [0.3, 0.4) is 0 Å². The number of carbonyl (C=O) groups excluding carboxylic acids is 2. The highest BCUT2D eigenvalue weighted by Gasteiger charge is 2.23. The van der Waals surface area contributed by atoms with E-state index in [0.29, 0.717) is 12.2 Å². The lowest BCUT2D eigenvalue weighted by molar-refractivity contribution is -0.136. The van der Waals surface area contributed by atoms with Gasteiger partial charge in [0.25, 0.3) is 0 Å². The van der Waals surface area contributed by atoms with Crippen LogP contribution in [0.2, 0.25) is 0 Å². The number of anilines is 1. The van der Waals surface area contributed by atoms with Gasteiger partial charge in [0.2, 0.25) is 11.8 Å². The van der Waals surface area contributed by atoms with Crippen molar-refractivity contribution in [2.45, 2.75) is 26.7 Å². The molecule has 0 aliphatic carbocycles. The molecular weight excluding hydrogens is 254 g/mol. The average Bonchev–Trinajstić information content (AvgIpc) is 2.35. The minimum Gasteiger partial charge on any atom is -0.399 e. The van der Waals surface area contributed by atoms with Crippen LogP contribution in [-0.2, 0) is 9.59 Å². The second-order valence-corrected chi connectivity index (χ2v) is 5.47. The minimum absolute atomic E-state index is 0.0519. The molecule has 1 aromatic carbocycles. The summed E-state index contributed by atoms with van der Waals surface area (Å²) in [5, 5.41) is 0. The number of nitrogens with zero attached hydrogens (tertiary/aromatic N) is 1. The molecule has 0 aromatic heterocycles. The van der Waals surface area contributed by atoms with Gasteiger partial charge in [-0.05, 0) is 30.5 Å². The molecule has 0 spiro atoms. The largest absolute Gasteiger partial charge is 0.399 e. The number of benzene rings is 1. The van der Waals surface area contributed by atoms with Crippen molar-refractivity contribution < 1.29 is 9.59 Å². The van der Waals surface area contributed by atoms with Crippen LogP contribution in [0.15, 0.2) is 24.3 Å². The summed E-state index contributed by atoms with van der Waals surface area (Å²) in [7, 11) is 0. The summed E-state index contributed by atoms with van der Waals surface area (Å²) < 4.78 is 0. The SMILES string of the molecule is CC(C)CN(CC(N)=O)C(=O)C(C)c1cccc(N)c1. The Balaban J connectivity index is 2.90. The molecule has 1 rings (SSSR count). The first-order chi connectivity index (χ1) is 9.31. The zero-order valence-corrected chi connectivity index (χ0v) is 12.3. The third-order valence-electron chi connectivity index (χ3n) is 3.03. The van der Waals surface area contributed by atoms with Gasteiger partial charge in [0, 0.05) is 12.2 Å². The van der Waals surface area contributed by atoms with E-state index >= 15 is 0 Å². The predicted octanol–water partition coefficient (Wildman–Crippen LogP) is 1.34. The average molecular weight is 277 g/mol. The van der Waals surface area contributed by atoms with Gasteiger partial charge in [-0.25, -0.2) is 0 Å². The Kier molecular flexibility index (Phi) is 5.55. The van der Waals surface area contributed by atoms with Gasteiger partial charge in [0.15, 0.2) is 0 Å². The maximum atomic E-state index is 12.5. The molecule has 0 fully saturated rings. The summed E-state index contributed by atoms with van der Waals surface area (Å²) in [6.07, 6.45) is 0. The molecule has 0 aliphatic heterocycles. The smallest absolute Gasteiger partial charge is 0.237 e. The van der Waals surface area contributed by atoms with E-state index in [-0.39, 0.29) is 24.3 Å². The second kappa shape index (κ2) is 6.93. The van der Waals surface area contributed by atoms with E-state index in [2.05, 4.69) is 0 Å². The Morgan fingerprint density at radius 1 is 1.25 bits per heavy atom. The van der Waals surface area contributed by atoms with Crippen LogP contribution in [0.25, 0.3) is 0 Å². The normalized spacial score (nSPS) is 12.2. The molecule has 1 aromatic rings. The molecule has 0 radical (unpaired) electrons. The number of nitrogens with two attached hydrogens (primary N) is 2. The minimum atomic E-state index is -0.501. The van der Waals surface area contributed by atoms with Crippen molar-refractivity contribution in [3.8, 4) is 0 Å². The lowest BCUT2D eigenvalue weighted by Crippen LogP contribution is -2.42. The van der Waals surface area contributed by atoms with Gasteiger partial charge in [-0.1, -0.05) is 26.0 Å². The molecule has 0 saturated carbocycles. The Labute approximate surface area is 119 Å². The number of rotatable bonds is 6.